The Balaban J connectivity index is 2.22. The van der Waals surface area contributed by atoms with Crippen LogP contribution < -0.4 is 10.5 Å². The molecule has 0 radical (unpaired) electrons. The van der Waals surface area contributed by atoms with Gasteiger partial charge in [-0.2, -0.15) is 0 Å². The quantitative estimate of drug-likeness (QED) is 0.888. The largest absolute Gasteiger partial charge is 0.454 e. The van der Waals surface area contributed by atoms with Crippen molar-refractivity contribution in [3.05, 3.63) is 59.4 Å². The van der Waals surface area contributed by atoms with Gasteiger partial charge in [0.05, 0.1) is 0 Å². The molecule has 0 saturated carbocycles. The topological polar surface area (TPSA) is 35.2 Å². The second kappa shape index (κ2) is 5.19. The van der Waals surface area contributed by atoms with E-state index in [0.29, 0.717) is 5.75 Å². The van der Waals surface area contributed by atoms with Crippen LogP contribution in [-0.4, -0.2) is 0 Å². The molecule has 2 nitrogen and oxygen atoms in total. The van der Waals surface area contributed by atoms with E-state index in [1.807, 2.05) is 38.1 Å². The molecule has 2 rings (SSSR count). The van der Waals surface area contributed by atoms with Crippen LogP contribution in [0.3, 0.4) is 0 Å². The van der Waals surface area contributed by atoms with Crippen molar-refractivity contribution >= 4 is 0 Å². The molecule has 0 bridgehead atoms. The van der Waals surface area contributed by atoms with Crippen molar-refractivity contribution in [1.82, 2.24) is 0 Å². The summed E-state index contributed by atoms with van der Waals surface area (Å²) >= 11 is 0. The van der Waals surface area contributed by atoms with E-state index < -0.39 is 5.82 Å². The van der Waals surface area contributed by atoms with E-state index in [1.54, 1.807) is 12.1 Å². The lowest BCUT2D eigenvalue weighted by molar-refractivity contribution is 0.441. The molecule has 1 atom stereocenters. The van der Waals surface area contributed by atoms with Crippen LogP contribution in [0.2, 0.25) is 0 Å². The fourth-order valence-corrected chi connectivity index (χ4v) is 1.62. The Kier molecular flexibility index (Phi) is 3.63. The first kappa shape index (κ1) is 12.6. The van der Waals surface area contributed by atoms with E-state index in [0.717, 1.165) is 11.1 Å². The molecule has 0 amide bonds. The molecule has 0 heterocycles. The van der Waals surface area contributed by atoms with Crippen LogP contribution in [0, 0.1) is 12.7 Å². The molecule has 0 fully saturated rings. The van der Waals surface area contributed by atoms with Crippen LogP contribution in [0.5, 0.6) is 11.5 Å². The highest BCUT2D eigenvalue weighted by molar-refractivity contribution is 5.36. The van der Waals surface area contributed by atoms with E-state index >= 15 is 0 Å². The van der Waals surface area contributed by atoms with E-state index in [-0.39, 0.29) is 11.8 Å². The van der Waals surface area contributed by atoms with Crippen LogP contribution in [0.15, 0.2) is 42.5 Å². The molecule has 0 aliphatic heterocycles. The molecule has 94 valence electrons. The number of nitrogens with two attached hydrogens (primary N) is 1. The zero-order chi connectivity index (χ0) is 13.1. The van der Waals surface area contributed by atoms with Crippen LogP contribution in [0.25, 0.3) is 0 Å². The van der Waals surface area contributed by atoms with Crippen molar-refractivity contribution in [2.75, 3.05) is 0 Å². The second-order valence-corrected chi connectivity index (χ2v) is 4.39. The first-order valence-corrected chi connectivity index (χ1v) is 5.86. The standard InChI is InChI=1S/C15H16FNO/c1-10-3-6-13(7-4-10)18-15-8-5-12(11(2)17)9-14(15)16/h3-9,11H,17H2,1-2H3/t11-/m1/s1. The maximum Gasteiger partial charge on any atom is 0.166 e. The Hall–Kier alpha value is -1.87. The van der Waals surface area contributed by atoms with Crippen molar-refractivity contribution < 1.29 is 9.13 Å². The molecule has 0 spiro atoms. The number of hydrogen-bond acceptors (Lipinski definition) is 2. The molecule has 0 aliphatic carbocycles. The van der Waals surface area contributed by atoms with Crippen molar-refractivity contribution in [2.24, 2.45) is 5.73 Å². The summed E-state index contributed by atoms with van der Waals surface area (Å²) in [5.74, 6) is 0.432. The number of ether oxygens (including phenoxy) is 1. The summed E-state index contributed by atoms with van der Waals surface area (Å²) in [5, 5.41) is 0. The molecular weight excluding hydrogens is 229 g/mol. The highest BCUT2D eigenvalue weighted by Gasteiger charge is 2.08. The van der Waals surface area contributed by atoms with Gasteiger partial charge in [-0.3, -0.25) is 0 Å². The average Bonchev–Trinajstić information content (AvgIpc) is 2.34. The van der Waals surface area contributed by atoms with Crippen molar-refractivity contribution in [3.63, 3.8) is 0 Å². The maximum atomic E-state index is 13.8. The van der Waals surface area contributed by atoms with Gasteiger partial charge in [0.1, 0.15) is 5.75 Å². The third kappa shape index (κ3) is 2.87. The lowest BCUT2D eigenvalue weighted by Crippen LogP contribution is -2.05. The second-order valence-electron chi connectivity index (χ2n) is 4.39. The Labute approximate surface area is 106 Å². The molecule has 0 saturated heterocycles. The number of hydrogen-bond donors (Lipinski definition) is 1. The third-order valence-electron chi connectivity index (χ3n) is 2.73. The van der Waals surface area contributed by atoms with Gasteiger partial charge in [0.25, 0.3) is 0 Å². The summed E-state index contributed by atoms with van der Waals surface area (Å²) in [6.45, 7) is 3.80. The summed E-state index contributed by atoms with van der Waals surface area (Å²) < 4.78 is 19.3. The van der Waals surface area contributed by atoms with Crippen LogP contribution in [0.4, 0.5) is 4.39 Å². The van der Waals surface area contributed by atoms with Crippen LogP contribution in [0.1, 0.15) is 24.1 Å². The highest BCUT2D eigenvalue weighted by Crippen LogP contribution is 2.26. The number of rotatable bonds is 3. The Morgan fingerprint density at radius 2 is 1.78 bits per heavy atom. The minimum Gasteiger partial charge on any atom is -0.454 e. The van der Waals surface area contributed by atoms with E-state index in [1.165, 1.54) is 6.07 Å². The summed E-state index contributed by atoms with van der Waals surface area (Å²) in [6, 6.07) is 12.1. The van der Waals surface area contributed by atoms with Gasteiger partial charge in [-0.1, -0.05) is 23.8 Å². The molecule has 0 aliphatic rings. The van der Waals surface area contributed by atoms with E-state index in [9.17, 15) is 4.39 Å². The molecule has 3 heteroatoms. The van der Waals surface area contributed by atoms with Crippen molar-refractivity contribution in [2.45, 2.75) is 19.9 Å². The molecule has 18 heavy (non-hydrogen) atoms. The van der Waals surface area contributed by atoms with Gasteiger partial charge in [-0.15, -0.1) is 0 Å². The molecule has 0 aromatic heterocycles. The van der Waals surface area contributed by atoms with E-state index in [4.69, 9.17) is 10.5 Å². The highest BCUT2D eigenvalue weighted by atomic mass is 19.1. The number of aryl methyl sites for hydroxylation is 1. The average molecular weight is 245 g/mol. The van der Waals surface area contributed by atoms with Gasteiger partial charge in [-0.05, 0) is 43.7 Å². The zero-order valence-corrected chi connectivity index (χ0v) is 10.5. The SMILES string of the molecule is Cc1ccc(Oc2ccc([C@@H](C)N)cc2F)cc1. The predicted octanol–water partition coefficient (Wildman–Crippen LogP) is 3.95. The first-order valence-electron chi connectivity index (χ1n) is 5.86. The smallest absolute Gasteiger partial charge is 0.166 e. The van der Waals surface area contributed by atoms with Crippen LogP contribution in [-0.2, 0) is 0 Å². The van der Waals surface area contributed by atoms with Gasteiger partial charge in [0, 0.05) is 6.04 Å². The van der Waals surface area contributed by atoms with Crippen molar-refractivity contribution in [1.29, 1.82) is 0 Å². The van der Waals surface area contributed by atoms with Gasteiger partial charge in [0.15, 0.2) is 11.6 Å². The molecule has 0 unspecified atom stereocenters. The lowest BCUT2D eigenvalue weighted by Gasteiger charge is -2.10. The number of halogens is 1. The fourth-order valence-electron chi connectivity index (χ4n) is 1.62. The third-order valence-corrected chi connectivity index (χ3v) is 2.73. The Bertz CT molecular complexity index is 535. The minimum absolute atomic E-state index is 0.187. The first-order chi connectivity index (χ1) is 8.56. The summed E-state index contributed by atoms with van der Waals surface area (Å²) in [4.78, 5) is 0. The Morgan fingerprint density at radius 3 is 2.33 bits per heavy atom. The summed E-state index contributed by atoms with van der Waals surface area (Å²) in [7, 11) is 0. The van der Waals surface area contributed by atoms with Gasteiger partial charge in [0.2, 0.25) is 0 Å². The summed E-state index contributed by atoms with van der Waals surface area (Å²) in [6.07, 6.45) is 0. The summed E-state index contributed by atoms with van der Waals surface area (Å²) in [5.41, 5.74) is 7.58. The molecule has 2 aromatic carbocycles. The fraction of sp³-hybridized carbons (Fsp3) is 0.200. The maximum absolute atomic E-state index is 13.8. The monoisotopic (exact) mass is 245 g/mol. The minimum atomic E-state index is -0.398. The molecule has 2 aromatic rings. The number of benzene rings is 2. The molecule has 2 N–H and O–H groups in total. The molecular formula is C15H16FNO. The zero-order valence-electron chi connectivity index (χ0n) is 10.5. The van der Waals surface area contributed by atoms with E-state index in [2.05, 4.69) is 0 Å². The van der Waals surface area contributed by atoms with Crippen molar-refractivity contribution in [3.8, 4) is 11.5 Å². The van der Waals surface area contributed by atoms with Crippen LogP contribution >= 0.6 is 0 Å². The normalized spacial score (nSPS) is 12.2. The van der Waals surface area contributed by atoms with Gasteiger partial charge in [-0.25, -0.2) is 4.39 Å². The van der Waals surface area contributed by atoms with Gasteiger partial charge >= 0.3 is 0 Å². The Morgan fingerprint density at radius 1 is 1.11 bits per heavy atom. The predicted molar refractivity (Wildman–Crippen MR) is 70.3 cm³/mol. The van der Waals surface area contributed by atoms with Gasteiger partial charge < -0.3 is 10.5 Å². The lowest BCUT2D eigenvalue weighted by atomic mass is 10.1.